The molecule has 118 valence electrons. The molecule has 1 unspecified atom stereocenters. The number of nitrogens with one attached hydrogen (secondary N) is 1. The highest BCUT2D eigenvalue weighted by Gasteiger charge is 2.29. The van der Waals surface area contributed by atoms with E-state index in [1.807, 2.05) is 0 Å². The van der Waals surface area contributed by atoms with Crippen LogP contribution < -0.4 is 10.2 Å². The monoisotopic (exact) mass is 352 g/mol. The van der Waals surface area contributed by atoms with Crippen LogP contribution in [0.25, 0.3) is 0 Å². The molecule has 0 aliphatic heterocycles. The lowest BCUT2D eigenvalue weighted by Crippen LogP contribution is -2.28. The van der Waals surface area contributed by atoms with Crippen LogP contribution in [0.4, 0.5) is 5.69 Å². The van der Waals surface area contributed by atoms with Crippen molar-refractivity contribution in [1.82, 2.24) is 5.32 Å². The Morgan fingerprint density at radius 3 is 2.52 bits per heavy atom. The quantitative estimate of drug-likeness (QED) is 0.697. The maximum atomic E-state index is 3.77. The normalized spacial score (nSPS) is 16.3. The molecule has 1 fully saturated rings. The molecule has 0 saturated heterocycles. The summed E-state index contributed by atoms with van der Waals surface area (Å²) in [5, 5.41) is 3.48. The van der Waals surface area contributed by atoms with Crippen LogP contribution in [0.15, 0.2) is 22.7 Å². The van der Waals surface area contributed by atoms with E-state index in [-0.39, 0.29) is 0 Å². The fraction of sp³-hybridized carbons (Fsp3) is 0.667. The van der Waals surface area contributed by atoms with Crippen LogP contribution >= 0.6 is 15.9 Å². The molecule has 0 aromatic heterocycles. The molecule has 1 aromatic carbocycles. The van der Waals surface area contributed by atoms with E-state index in [9.17, 15) is 0 Å². The van der Waals surface area contributed by atoms with Crippen LogP contribution in [0.2, 0.25) is 0 Å². The average Bonchev–Trinajstić information content (AvgIpc) is 3.23. The first kappa shape index (κ1) is 16.8. The molecule has 1 aliphatic carbocycles. The minimum Gasteiger partial charge on any atom is -0.369 e. The zero-order valence-corrected chi connectivity index (χ0v) is 15.4. The highest BCUT2D eigenvalue weighted by molar-refractivity contribution is 9.10. The molecule has 1 aromatic rings. The van der Waals surface area contributed by atoms with Crippen LogP contribution in [0, 0.1) is 5.92 Å². The maximum absolute atomic E-state index is 3.77. The van der Waals surface area contributed by atoms with E-state index in [1.54, 1.807) is 0 Å². The Morgan fingerprint density at radius 2 is 2.00 bits per heavy atom. The van der Waals surface area contributed by atoms with Gasteiger partial charge in [-0.1, -0.05) is 42.8 Å². The molecule has 2 nitrogen and oxygen atoms in total. The Labute approximate surface area is 138 Å². The standard InChI is InChI=1S/C18H29BrN2/c1-5-20-14(4)17-9-8-16(12-18(17)19)21(15-6-7-15)11-10-13(2)3/h8-9,12-15,20H,5-7,10-11H2,1-4H3. The lowest BCUT2D eigenvalue weighted by molar-refractivity contribution is 0.570. The van der Waals surface area contributed by atoms with E-state index < -0.39 is 0 Å². The summed E-state index contributed by atoms with van der Waals surface area (Å²) in [5.41, 5.74) is 2.72. The minimum atomic E-state index is 0.392. The van der Waals surface area contributed by atoms with Crippen molar-refractivity contribution < 1.29 is 0 Å². The smallest absolute Gasteiger partial charge is 0.0380 e. The molecule has 1 atom stereocenters. The molecule has 0 amide bonds. The summed E-state index contributed by atoms with van der Waals surface area (Å²) < 4.78 is 1.23. The highest BCUT2D eigenvalue weighted by Crippen LogP contribution is 2.35. The summed E-state index contributed by atoms with van der Waals surface area (Å²) in [7, 11) is 0. The molecule has 1 aliphatic rings. The van der Waals surface area contributed by atoms with E-state index in [4.69, 9.17) is 0 Å². The first-order chi connectivity index (χ1) is 10.0. The molecule has 1 saturated carbocycles. The zero-order valence-electron chi connectivity index (χ0n) is 13.8. The second-order valence-electron chi connectivity index (χ2n) is 6.59. The number of halogens is 1. The van der Waals surface area contributed by atoms with Crippen LogP contribution in [0.1, 0.15) is 58.6 Å². The van der Waals surface area contributed by atoms with Crippen molar-refractivity contribution >= 4 is 21.6 Å². The zero-order chi connectivity index (χ0) is 15.4. The lowest BCUT2D eigenvalue weighted by atomic mass is 10.1. The van der Waals surface area contributed by atoms with Crippen molar-refractivity contribution in [2.75, 3.05) is 18.0 Å². The molecule has 0 spiro atoms. The largest absolute Gasteiger partial charge is 0.369 e. The van der Waals surface area contributed by atoms with Gasteiger partial charge >= 0.3 is 0 Å². The maximum Gasteiger partial charge on any atom is 0.0380 e. The second-order valence-corrected chi connectivity index (χ2v) is 7.45. The first-order valence-corrected chi connectivity index (χ1v) is 9.11. The van der Waals surface area contributed by atoms with Gasteiger partial charge in [-0.25, -0.2) is 0 Å². The molecule has 0 bridgehead atoms. The number of benzene rings is 1. The predicted octanol–water partition coefficient (Wildman–Crippen LogP) is 5.13. The molecule has 3 heteroatoms. The van der Waals surface area contributed by atoms with Gasteiger partial charge in [-0.15, -0.1) is 0 Å². The van der Waals surface area contributed by atoms with Gasteiger partial charge in [-0.3, -0.25) is 0 Å². The summed E-state index contributed by atoms with van der Waals surface area (Å²) in [6, 6.07) is 8.04. The van der Waals surface area contributed by atoms with Crippen molar-refractivity contribution in [3.63, 3.8) is 0 Å². The second kappa shape index (κ2) is 7.64. The molecule has 1 N–H and O–H groups in total. The molecule has 0 heterocycles. The highest BCUT2D eigenvalue weighted by atomic mass is 79.9. The Hall–Kier alpha value is -0.540. The summed E-state index contributed by atoms with van der Waals surface area (Å²) in [6.07, 6.45) is 3.97. The van der Waals surface area contributed by atoms with Gasteiger partial charge in [0.25, 0.3) is 0 Å². The Kier molecular flexibility index (Phi) is 6.12. The van der Waals surface area contributed by atoms with Crippen molar-refractivity contribution in [1.29, 1.82) is 0 Å². The number of nitrogens with zero attached hydrogens (tertiary/aromatic N) is 1. The Balaban J connectivity index is 2.12. The van der Waals surface area contributed by atoms with Gasteiger partial charge in [0.1, 0.15) is 0 Å². The molecule has 21 heavy (non-hydrogen) atoms. The van der Waals surface area contributed by atoms with E-state index in [0.717, 1.165) is 18.5 Å². The third kappa shape index (κ3) is 4.72. The average molecular weight is 353 g/mol. The SMILES string of the molecule is CCNC(C)c1ccc(N(CCC(C)C)C2CC2)cc1Br. The van der Waals surface area contributed by atoms with Crippen molar-refractivity contribution in [3.05, 3.63) is 28.2 Å². The molecular weight excluding hydrogens is 324 g/mol. The molecular formula is C18H29BrN2. The fourth-order valence-electron chi connectivity index (χ4n) is 2.77. The topological polar surface area (TPSA) is 15.3 Å². The summed E-state index contributed by atoms with van der Waals surface area (Å²) in [6.45, 7) is 11.2. The Bertz CT molecular complexity index is 455. The van der Waals surface area contributed by atoms with Crippen molar-refractivity contribution in [2.24, 2.45) is 5.92 Å². The fourth-order valence-corrected chi connectivity index (χ4v) is 3.48. The third-order valence-corrected chi connectivity index (χ3v) is 4.91. The van der Waals surface area contributed by atoms with E-state index >= 15 is 0 Å². The van der Waals surface area contributed by atoms with Crippen LogP contribution in [0.3, 0.4) is 0 Å². The minimum absolute atomic E-state index is 0.392. The van der Waals surface area contributed by atoms with Gasteiger partial charge in [0.15, 0.2) is 0 Å². The Morgan fingerprint density at radius 1 is 1.29 bits per heavy atom. The number of hydrogen-bond donors (Lipinski definition) is 1. The van der Waals surface area contributed by atoms with E-state index in [2.05, 4.69) is 72.0 Å². The van der Waals surface area contributed by atoms with Gasteiger partial charge in [0.05, 0.1) is 0 Å². The van der Waals surface area contributed by atoms with Crippen molar-refractivity contribution in [3.8, 4) is 0 Å². The lowest BCUT2D eigenvalue weighted by Gasteiger charge is -2.27. The summed E-state index contributed by atoms with van der Waals surface area (Å²) >= 11 is 3.77. The third-order valence-electron chi connectivity index (χ3n) is 4.23. The van der Waals surface area contributed by atoms with Crippen molar-refractivity contribution in [2.45, 2.75) is 59.0 Å². The van der Waals surface area contributed by atoms with Gasteiger partial charge in [-0.2, -0.15) is 0 Å². The van der Waals surface area contributed by atoms with E-state index in [1.165, 1.54) is 41.5 Å². The van der Waals surface area contributed by atoms with Gasteiger partial charge in [0, 0.05) is 28.8 Å². The van der Waals surface area contributed by atoms with Crippen LogP contribution in [-0.2, 0) is 0 Å². The van der Waals surface area contributed by atoms with Crippen LogP contribution in [0.5, 0.6) is 0 Å². The number of anilines is 1. The van der Waals surface area contributed by atoms with Crippen LogP contribution in [-0.4, -0.2) is 19.1 Å². The van der Waals surface area contributed by atoms with Gasteiger partial charge in [-0.05, 0) is 56.3 Å². The molecule has 2 rings (SSSR count). The predicted molar refractivity (Wildman–Crippen MR) is 96.1 cm³/mol. The molecule has 0 radical (unpaired) electrons. The van der Waals surface area contributed by atoms with E-state index in [0.29, 0.717) is 6.04 Å². The van der Waals surface area contributed by atoms with Gasteiger partial charge in [0.2, 0.25) is 0 Å². The first-order valence-electron chi connectivity index (χ1n) is 8.32. The summed E-state index contributed by atoms with van der Waals surface area (Å²) in [4.78, 5) is 2.60. The van der Waals surface area contributed by atoms with Gasteiger partial charge < -0.3 is 10.2 Å². The number of rotatable bonds is 8. The summed E-state index contributed by atoms with van der Waals surface area (Å²) in [5.74, 6) is 0.766. The number of hydrogen-bond acceptors (Lipinski definition) is 2.